The minimum atomic E-state index is -0.680. The molecule has 0 aromatic heterocycles. The molecule has 0 fully saturated rings. The van der Waals surface area contributed by atoms with E-state index in [0.29, 0.717) is 22.6 Å². The number of carbonyl (C=O) groups excluding carboxylic acids is 2. The number of anilines is 1. The van der Waals surface area contributed by atoms with E-state index in [4.69, 9.17) is 25.7 Å². The van der Waals surface area contributed by atoms with Crippen LogP contribution in [-0.2, 0) is 23.8 Å². The first-order chi connectivity index (χ1) is 10.5. The van der Waals surface area contributed by atoms with Gasteiger partial charge in [0.2, 0.25) is 0 Å². The van der Waals surface area contributed by atoms with Gasteiger partial charge in [0.1, 0.15) is 37.2 Å². The largest absolute Gasteiger partial charge is 0.490 e. The molecule has 0 unspecified atom stereocenters. The van der Waals surface area contributed by atoms with Gasteiger partial charge >= 0.3 is 11.9 Å². The molecule has 4 N–H and O–H groups in total. The average Bonchev–Trinajstić information content (AvgIpc) is 2.85. The molecular formula is C15H18N2O5. The van der Waals surface area contributed by atoms with Gasteiger partial charge in [-0.1, -0.05) is 12.1 Å². The molecule has 0 amide bonds. The van der Waals surface area contributed by atoms with Crippen molar-refractivity contribution in [2.45, 2.75) is 13.0 Å². The zero-order valence-electron chi connectivity index (χ0n) is 12.2. The van der Waals surface area contributed by atoms with E-state index in [1.165, 1.54) is 6.92 Å². The summed E-state index contributed by atoms with van der Waals surface area (Å²) in [5.74, 6) is -0.547. The number of rotatable bonds is 6. The third-order valence-corrected chi connectivity index (χ3v) is 2.99. The number of ether oxygens (including phenoxy) is 3. The highest BCUT2D eigenvalue weighted by molar-refractivity contribution is 6.18. The van der Waals surface area contributed by atoms with Gasteiger partial charge in [0.15, 0.2) is 0 Å². The highest BCUT2D eigenvalue weighted by Gasteiger charge is 2.27. The lowest BCUT2D eigenvalue weighted by molar-refractivity contribution is -0.145. The molecule has 1 aromatic rings. The second-order valence-corrected chi connectivity index (χ2v) is 4.80. The van der Waals surface area contributed by atoms with Gasteiger partial charge in [-0.25, -0.2) is 4.79 Å². The summed E-state index contributed by atoms with van der Waals surface area (Å²) in [6, 6.07) is 6.14. The Morgan fingerprint density at radius 3 is 2.64 bits per heavy atom. The van der Waals surface area contributed by atoms with Crippen molar-refractivity contribution < 1.29 is 23.8 Å². The van der Waals surface area contributed by atoms with Crippen LogP contribution in [0.2, 0.25) is 0 Å². The van der Waals surface area contributed by atoms with Crippen LogP contribution in [0.25, 0.3) is 5.57 Å². The lowest BCUT2D eigenvalue weighted by Gasteiger charge is -2.09. The molecule has 0 bridgehead atoms. The van der Waals surface area contributed by atoms with Crippen LogP contribution in [0.5, 0.6) is 0 Å². The summed E-state index contributed by atoms with van der Waals surface area (Å²) in [5, 5.41) is 0. The Bertz CT molecular complexity index is 592. The number of cyclic esters (lactones) is 1. The van der Waals surface area contributed by atoms with Crippen molar-refractivity contribution in [3.8, 4) is 0 Å². The summed E-state index contributed by atoms with van der Waals surface area (Å²) in [4.78, 5) is 23.0. The minimum Gasteiger partial charge on any atom is -0.490 e. The standard InChI is InChI=1S/C15H18N2O5/c1-9(16)14(18)21-7-6-20-12-8-22-15(19)13(12)10-2-4-11(17)5-3-10/h2-5,9H,6-8,16-17H2,1H3/t9-/m0/s1. The molecule has 118 valence electrons. The maximum atomic E-state index is 11.8. The van der Waals surface area contributed by atoms with Gasteiger partial charge in [-0.15, -0.1) is 0 Å². The van der Waals surface area contributed by atoms with E-state index in [0.717, 1.165) is 0 Å². The van der Waals surface area contributed by atoms with Crippen molar-refractivity contribution in [2.75, 3.05) is 25.6 Å². The van der Waals surface area contributed by atoms with Gasteiger partial charge in [-0.05, 0) is 24.6 Å². The second kappa shape index (κ2) is 6.95. The molecule has 0 saturated carbocycles. The average molecular weight is 306 g/mol. The van der Waals surface area contributed by atoms with Gasteiger partial charge in [0.05, 0.1) is 0 Å². The first-order valence-electron chi connectivity index (χ1n) is 6.80. The zero-order valence-corrected chi connectivity index (χ0v) is 12.2. The van der Waals surface area contributed by atoms with E-state index in [-0.39, 0.29) is 19.8 Å². The first-order valence-corrected chi connectivity index (χ1v) is 6.80. The monoisotopic (exact) mass is 306 g/mol. The summed E-state index contributed by atoms with van der Waals surface area (Å²) in [7, 11) is 0. The van der Waals surface area contributed by atoms with Gasteiger partial charge in [-0.2, -0.15) is 0 Å². The summed E-state index contributed by atoms with van der Waals surface area (Å²) < 4.78 is 15.4. The van der Waals surface area contributed by atoms with E-state index < -0.39 is 18.0 Å². The Morgan fingerprint density at radius 2 is 2.00 bits per heavy atom. The Balaban J connectivity index is 1.99. The summed E-state index contributed by atoms with van der Waals surface area (Å²) in [6.45, 7) is 1.75. The van der Waals surface area contributed by atoms with Crippen LogP contribution in [0, 0.1) is 0 Å². The predicted octanol–water partition coefficient (Wildman–Crippen LogP) is 0.444. The SMILES string of the molecule is C[C@H](N)C(=O)OCCOC1=C(c2ccc(N)cc2)C(=O)OC1. The number of hydrogen-bond acceptors (Lipinski definition) is 7. The topological polar surface area (TPSA) is 114 Å². The minimum absolute atomic E-state index is 0.0487. The summed E-state index contributed by atoms with van der Waals surface area (Å²) in [5.41, 5.74) is 12.6. The van der Waals surface area contributed by atoms with E-state index in [2.05, 4.69) is 0 Å². The quantitative estimate of drug-likeness (QED) is 0.445. The highest BCUT2D eigenvalue weighted by Crippen LogP contribution is 2.27. The first kappa shape index (κ1) is 15.8. The maximum Gasteiger partial charge on any atom is 0.342 e. The smallest absolute Gasteiger partial charge is 0.342 e. The molecule has 7 nitrogen and oxygen atoms in total. The van der Waals surface area contributed by atoms with Crippen molar-refractivity contribution in [1.29, 1.82) is 0 Å². The number of carbonyl (C=O) groups is 2. The zero-order chi connectivity index (χ0) is 16.1. The van der Waals surface area contributed by atoms with Crippen LogP contribution in [0.3, 0.4) is 0 Å². The predicted molar refractivity (Wildman–Crippen MR) is 79.3 cm³/mol. The van der Waals surface area contributed by atoms with E-state index in [1.807, 2.05) is 0 Å². The van der Waals surface area contributed by atoms with Crippen LogP contribution in [0.15, 0.2) is 30.0 Å². The molecule has 1 aromatic carbocycles. The van der Waals surface area contributed by atoms with Crippen molar-refractivity contribution in [2.24, 2.45) is 5.73 Å². The lowest BCUT2D eigenvalue weighted by Crippen LogP contribution is -2.29. The fraction of sp³-hybridized carbons (Fsp3) is 0.333. The van der Waals surface area contributed by atoms with Gasteiger partial charge < -0.3 is 25.7 Å². The highest BCUT2D eigenvalue weighted by atomic mass is 16.6. The Morgan fingerprint density at radius 1 is 1.32 bits per heavy atom. The van der Waals surface area contributed by atoms with E-state index in [1.54, 1.807) is 24.3 Å². The molecule has 1 heterocycles. The number of esters is 2. The number of benzene rings is 1. The molecule has 0 spiro atoms. The number of nitrogens with two attached hydrogens (primary N) is 2. The lowest BCUT2D eigenvalue weighted by atomic mass is 10.1. The van der Waals surface area contributed by atoms with Gasteiger partial charge in [0.25, 0.3) is 0 Å². The van der Waals surface area contributed by atoms with Crippen molar-refractivity contribution in [1.82, 2.24) is 0 Å². The summed E-state index contributed by atoms with van der Waals surface area (Å²) in [6.07, 6.45) is 0. The molecule has 0 saturated heterocycles. The fourth-order valence-corrected chi connectivity index (χ4v) is 1.87. The Hall–Kier alpha value is -2.54. The molecular weight excluding hydrogens is 288 g/mol. The summed E-state index contributed by atoms with van der Waals surface area (Å²) >= 11 is 0. The maximum absolute atomic E-state index is 11.8. The van der Waals surface area contributed by atoms with Crippen molar-refractivity contribution in [3.63, 3.8) is 0 Å². The normalized spacial score (nSPS) is 15.5. The van der Waals surface area contributed by atoms with Crippen molar-refractivity contribution in [3.05, 3.63) is 35.6 Å². The van der Waals surface area contributed by atoms with E-state index >= 15 is 0 Å². The molecule has 22 heavy (non-hydrogen) atoms. The third kappa shape index (κ3) is 3.76. The molecule has 0 aliphatic carbocycles. The van der Waals surface area contributed by atoms with Crippen LogP contribution in [0.1, 0.15) is 12.5 Å². The van der Waals surface area contributed by atoms with Gasteiger partial charge in [-0.3, -0.25) is 4.79 Å². The molecule has 2 rings (SSSR count). The number of hydrogen-bond donors (Lipinski definition) is 2. The molecule has 1 aliphatic heterocycles. The molecule has 1 aliphatic rings. The van der Waals surface area contributed by atoms with Crippen LogP contribution < -0.4 is 11.5 Å². The van der Waals surface area contributed by atoms with E-state index in [9.17, 15) is 9.59 Å². The van der Waals surface area contributed by atoms with Crippen LogP contribution in [0.4, 0.5) is 5.69 Å². The number of nitrogen functional groups attached to an aromatic ring is 1. The molecule has 1 atom stereocenters. The van der Waals surface area contributed by atoms with Crippen molar-refractivity contribution >= 4 is 23.2 Å². The Kier molecular flexibility index (Phi) is 5.00. The molecule has 7 heteroatoms. The van der Waals surface area contributed by atoms with Crippen LogP contribution in [-0.4, -0.2) is 37.8 Å². The second-order valence-electron chi connectivity index (χ2n) is 4.80. The van der Waals surface area contributed by atoms with Crippen LogP contribution >= 0.6 is 0 Å². The van der Waals surface area contributed by atoms with Gasteiger partial charge in [0, 0.05) is 5.69 Å². The molecule has 0 radical (unpaired) electrons. The third-order valence-electron chi connectivity index (χ3n) is 2.99. The Labute approximate surface area is 127 Å². The fourth-order valence-electron chi connectivity index (χ4n) is 1.87.